The predicted molar refractivity (Wildman–Crippen MR) is 129 cm³/mol. The molecule has 1 fully saturated rings. The molecule has 160 valence electrons. The third kappa shape index (κ3) is 11.7. The highest BCUT2D eigenvalue weighted by Crippen LogP contribution is 2.20. The van der Waals surface area contributed by atoms with Crippen LogP contribution in [0.25, 0.3) is 0 Å². The van der Waals surface area contributed by atoms with Crippen molar-refractivity contribution >= 4 is 35.8 Å². The number of ether oxygens (including phenoxy) is 1. The molecule has 0 unspecified atom stereocenters. The van der Waals surface area contributed by atoms with E-state index in [0.717, 1.165) is 63.8 Å². The van der Waals surface area contributed by atoms with E-state index < -0.39 is 0 Å². The maximum Gasteiger partial charge on any atom is 0.191 e. The minimum Gasteiger partial charge on any atom is -0.378 e. The fourth-order valence-corrected chi connectivity index (χ4v) is 3.22. The van der Waals surface area contributed by atoms with Crippen LogP contribution in [-0.4, -0.2) is 49.8 Å². The lowest BCUT2D eigenvalue weighted by molar-refractivity contribution is 0.0281. The number of unbranched alkanes of at least 4 members (excludes halogenated alkanes) is 1. The van der Waals surface area contributed by atoms with Crippen molar-refractivity contribution < 1.29 is 4.74 Å². The molecule has 1 aromatic heterocycles. The number of pyridine rings is 1. The standard InChI is InChI=1S/C21H37N5O.HI/c1-2-22-21(26-17-10-18-27-19-11-4-3-5-12-19)25-16-9-8-15-24-20-13-6-7-14-23-20;/h6-7,13-14,19H,2-5,8-12,15-18H2,1H3,(H,23,24)(H2,22,25,26);1H. The highest BCUT2D eigenvalue weighted by atomic mass is 127. The van der Waals surface area contributed by atoms with Gasteiger partial charge in [0, 0.05) is 39.0 Å². The summed E-state index contributed by atoms with van der Waals surface area (Å²) in [6.45, 7) is 6.47. The second kappa shape index (κ2) is 16.8. The van der Waals surface area contributed by atoms with Crippen LogP contribution in [0.4, 0.5) is 5.82 Å². The molecule has 1 aliphatic carbocycles. The first-order valence-corrected chi connectivity index (χ1v) is 10.7. The highest BCUT2D eigenvalue weighted by Gasteiger charge is 2.12. The van der Waals surface area contributed by atoms with E-state index in [1.54, 1.807) is 0 Å². The van der Waals surface area contributed by atoms with Crippen molar-refractivity contribution in [2.24, 2.45) is 4.99 Å². The zero-order chi connectivity index (χ0) is 19.0. The molecule has 0 spiro atoms. The average Bonchev–Trinajstić information content (AvgIpc) is 2.71. The molecule has 0 aliphatic heterocycles. The minimum atomic E-state index is 0. The Morgan fingerprint density at radius 3 is 2.68 bits per heavy atom. The molecule has 0 saturated heterocycles. The number of guanidine groups is 1. The topological polar surface area (TPSA) is 70.6 Å². The zero-order valence-electron chi connectivity index (χ0n) is 17.3. The van der Waals surface area contributed by atoms with Crippen LogP contribution in [0, 0.1) is 0 Å². The summed E-state index contributed by atoms with van der Waals surface area (Å²) in [5.41, 5.74) is 0. The molecule has 0 radical (unpaired) electrons. The van der Waals surface area contributed by atoms with Crippen LogP contribution < -0.4 is 16.0 Å². The Balaban J connectivity index is 0.00000392. The first-order chi connectivity index (χ1) is 13.4. The zero-order valence-corrected chi connectivity index (χ0v) is 19.6. The van der Waals surface area contributed by atoms with Crippen molar-refractivity contribution in [1.82, 2.24) is 15.6 Å². The van der Waals surface area contributed by atoms with Gasteiger partial charge in [0.15, 0.2) is 5.96 Å². The molecular weight excluding hydrogens is 465 g/mol. The van der Waals surface area contributed by atoms with Crippen LogP contribution in [0.1, 0.15) is 58.3 Å². The number of hydrogen-bond donors (Lipinski definition) is 3. The Morgan fingerprint density at radius 1 is 1.11 bits per heavy atom. The number of anilines is 1. The maximum atomic E-state index is 5.96. The summed E-state index contributed by atoms with van der Waals surface area (Å²) >= 11 is 0. The number of hydrogen-bond acceptors (Lipinski definition) is 4. The Morgan fingerprint density at radius 2 is 1.93 bits per heavy atom. The van der Waals surface area contributed by atoms with Gasteiger partial charge in [0.2, 0.25) is 0 Å². The van der Waals surface area contributed by atoms with E-state index >= 15 is 0 Å². The molecule has 1 heterocycles. The molecule has 0 atom stereocenters. The Labute approximate surface area is 187 Å². The Hall–Kier alpha value is -1.09. The third-order valence-electron chi connectivity index (χ3n) is 4.69. The van der Waals surface area contributed by atoms with Crippen molar-refractivity contribution in [3.05, 3.63) is 24.4 Å². The van der Waals surface area contributed by atoms with Gasteiger partial charge in [-0.3, -0.25) is 4.99 Å². The minimum absolute atomic E-state index is 0. The molecule has 3 N–H and O–H groups in total. The quantitative estimate of drug-likeness (QED) is 0.173. The molecule has 0 amide bonds. The van der Waals surface area contributed by atoms with Crippen molar-refractivity contribution in [3.8, 4) is 0 Å². The van der Waals surface area contributed by atoms with E-state index in [1.807, 2.05) is 24.4 Å². The van der Waals surface area contributed by atoms with Gasteiger partial charge in [-0.05, 0) is 51.2 Å². The normalized spacial score (nSPS) is 15.0. The Bertz CT molecular complexity index is 509. The smallest absolute Gasteiger partial charge is 0.191 e. The van der Waals surface area contributed by atoms with Crippen LogP contribution in [-0.2, 0) is 4.74 Å². The van der Waals surface area contributed by atoms with E-state index in [1.165, 1.54) is 32.1 Å². The lowest BCUT2D eigenvalue weighted by Gasteiger charge is -2.21. The van der Waals surface area contributed by atoms with Crippen LogP contribution in [0.2, 0.25) is 0 Å². The fraction of sp³-hybridized carbons (Fsp3) is 0.714. The van der Waals surface area contributed by atoms with Crippen molar-refractivity contribution in [2.45, 2.75) is 64.4 Å². The van der Waals surface area contributed by atoms with Gasteiger partial charge < -0.3 is 20.7 Å². The predicted octanol–water partition coefficient (Wildman–Crippen LogP) is 4.19. The summed E-state index contributed by atoms with van der Waals surface area (Å²) in [5, 5.41) is 10.1. The van der Waals surface area contributed by atoms with Gasteiger partial charge in [-0.1, -0.05) is 25.3 Å². The van der Waals surface area contributed by atoms with Gasteiger partial charge in [0.1, 0.15) is 5.82 Å². The van der Waals surface area contributed by atoms with E-state index in [9.17, 15) is 0 Å². The molecule has 2 rings (SSSR count). The maximum absolute atomic E-state index is 5.96. The number of nitrogens with one attached hydrogen (secondary N) is 3. The van der Waals surface area contributed by atoms with Crippen molar-refractivity contribution in [3.63, 3.8) is 0 Å². The molecule has 1 saturated carbocycles. The van der Waals surface area contributed by atoms with Gasteiger partial charge in [0.05, 0.1) is 6.10 Å². The second-order valence-electron chi connectivity index (χ2n) is 7.02. The summed E-state index contributed by atoms with van der Waals surface area (Å²) in [5.74, 6) is 1.85. The van der Waals surface area contributed by atoms with E-state index in [4.69, 9.17) is 4.74 Å². The van der Waals surface area contributed by atoms with Crippen molar-refractivity contribution in [2.75, 3.05) is 38.1 Å². The van der Waals surface area contributed by atoms with Crippen molar-refractivity contribution in [1.29, 1.82) is 0 Å². The van der Waals surface area contributed by atoms with Gasteiger partial charge >= 0.3 is 0 Å². The monoisotopic (exact) mass is 503 g/mol. The summed E-state index contributed by atoms with van der Waals surface area (Å²) in [7, 11) is 0. The largest absolute Gasteiger partial charge is 0.378 e. The molecule has 7 heteroatoms. The molecule has 1 aliphatic rings. The Kier molecular flexibility index (Phi) is 15.0. The summed E-state index contributed by atoms with van der Waals surface area (Å²) in [6.07, 6.45) is 12.0. The van der Waals surface area contributed by atoms with E-state index in [2.05, 4.69) is 32.9 Å². The molecule has 1 aromatic rings. The average molecular weight is 503 g/mol. The number of nitrogens with zero attached hydrogens (tertiary/aromatic N) is 2. The third-order valence-corrected chi connectivity index (χ3v) is 4.69. The molecule has 0 bridgehead atoms. The second-order valence-corrected chi connectivity index (χ2v) is 7.02. The van der Waals surface area contributed by atoms with Gasteiger partial charge in [-0.15, -0.1) is 24.0 Å². The van der Waals surface area contributed by atoms with Crippen LogP contribution >= 0.6 is 24.0 Å². The summed E-state index contributed by atoms with van der Waals surface area (Å²) < 4.78 is 5.96. The first-order valence-electron chi connectivity index (χ1n) is 10.7. The molecule has 28 heavy (non-hydrogen) atoms. The summed E-state index contributed by atoms with van der Waals surface area (Å²) in [6, 6.07) is 5.92. The lowest BCUT2D eigenvalue weighted by atomic mass is 9.98. The van der Waals surface area contributed by atoms with Crippen LogP contribution in [0.3, 0.4) is 0 Å². The van der Waals surface area contributed by atoms with E-state index in [-0.39, 0.29) is 24.0 Å². The first kappa shape index (κ1) is 24.9. The molecule has 6 nitrogen and oxygen atoms in total. The van der Waals surface area contributed by atoms with Gasteiger partial charge in [-0.2, -0.15) is 0 Å². The number of halogens is 1. The molecule has 0 aromatic carbocycles. The summed E-state index contributed by atoms with van der Waals surface area (Å²) in [4.78, 5) is 8.91. The van der Waals surface area contributed by atoms with E-state index in [0.29, 0.717) is 6.10 Å². The number of aliphatic imine (C=N–C) groups is 1. The number of rotatable bonds is 12. The lowest BCUT2D eigenvalue weighted by Crippen LogP contribution is -2.38. The van der Waals surface area contributed by atoms with Gasteiger partial charge in [-0.25, -0.2) is 4.98 Å². The number of aromatic nitrogens is 1. The van der Waals surface area contributed by atoms with Crippen LogP contribution in [0.15, 0.2) is 29.4 Å². The highest BCUT2D eigenvalue weighted by molar-refractivity contribution is 14.0. The van der Waals surface area contributed by atoms with Crippen LogP contribution in [0.5, 0.6) is 0 Å². The fourth-order valence-electron chi connectivity index (χ4n) is 3.22. The molecular formula is C21H38IN5O. The van der Waals surface area contributed by atoms with Gasteiger partial charge in [0.25, 0.3) is 0 Å². The SMILES string of the molecule is CCNC(=NCCCOC1CCCCC1)NCCCCNc1ccccn1.I.